The molecule has 0 aromatic carbocycles. The van der Waals surface area contributed by atoms with Crippen molar-refractivity contribution in [3.8, 4) is 0 Å². The van der Waals surface area contributed by atoms with Gasteiger partial charge in [0.05, 0.1) is 12.8 Å². The number of nitrogens with zero attached hydrogens (tertiary/aromatic N) is 2. The third kappa shape index (κ3) is 4.12. The standard InChI is InChI=1S/C18H24N2O3/c1-13(2)7-9-20-10-8-14(3)16(18(20)22)17(21)19(4)12-15-6-5-11-23-15/h5-6,8,10-11,13H,7,9,12H2,1-4H3. The molecule has 0 N–H and O–H groups in total. The molecule has 124 valence electrons. The second-order valence-electron chi connectivity index (χ2n) is 6.30. The Morgan fingerprint density at radius 2 is 2.09 bits per heavy atom. The van der Waals surface area contributed by atoms with Gasteiger partial charge in [-0.3, -0.25) is 9.59 Å². The Morgan fingerprint density at radius 3 is 2.70 bits per heavy atom. The van der Waals surface area contributed by atoms with Crippen molar-refractivity contribution in [2.24, 2.45) is 5.92 Å². The predicted octanol–water partition coefficient (Wildman–Crippen LogP) is 3.07. The summed E-state index contributed by atoms with van der Waals surface area (Å²) in [5, 5.41) is 0. The first-order valence-electron chi connectivity index (χ1n) is 7.88. The highest BCUT2D eigenvalue weighted by Crippen LogP contribution is 2.10. The molecule has 0 bridgehead atoms. The maximum Gasteiger partial charge on any atom is 0.263 e. The van der Waals surface area contributed by atoms with Crippen LogP contribution in [0.1, 0.15) is 41.9 Å². The highest BCUT2D eigenvalue weighted by Gasteiger charge is 2.20. The molecule has 2 heterocycles. The van der Waals surface area contributed by atoms with Crippen LogP contribution in [0.25, 0.3) is 0 Å². The van der Waals surface area contributed by atoms with Gasteiger partial charge >= 0.3 is 0 Å². The largest absolute Gasteiger partial charge is 0.467 e. The van der Waals surface area contributed by atoms with Gasteiger partial charge in [-0.25, -0.2) is 0 Å². The van der Waals surface area contributed by atoms with Gasteiger partial charge in [-0.1, -0.05) is 13.8 Å². The van der Waals surface area contributed by atoms with E-state index in [1.807, 2.05) is 12.1 Å². The zero-order valence-corrected chi connectivity index (χ0v) is 14.2. The number of amides is 1. The van der Waals surface area contributed by atoms with E-state index in [0.717, 1.165) is 6.42 Å². The van der Waals surface area contributed by atoms with Crippen molar-refractivity contribution >= 4 is 5.91 Å². The Morgan fingerprint density at radius 1 is 1.35 bits per heavy atom. The zero-order valence-electron chi connectivity index (χ0n) is 14.2. The lowest BCUT2D eigenvalue weighted by atomic mass is 10.1. The van der Waals surface area contributed by atoms with Crippen LogP contribution >= 0.6 is 0 Å². The summed E-state index contributed by atoms with van der Waals surface area (Å²) in [5.74, 6) is 0.918. The Balaban J connectivity index is 2.24. The first-order valence-corrected chi connectivity index (χ1v) is 7.88. The minimum atomic E-state index is -0.275. The molecule has 0 saturated heterocycles. The summed E-state index contributed by atoms with van der Waals surface area (Å²) in [7, 11) is 1.68. The van der Waals surface area contributed by atoms with Crippen LogP contribution in [0.3, 0.4) is 0 Å². The Hall–Kier alpha value is -2.30. The molecule has 23 heavy (non-hydrogen) atoms. The summed E-state index contributed by atoms with van der Waals surface area (Å²) in [6.45, 7) is 6.98. The lowest BCUT2D eigenvalue weighted by molar-refractivity contribution is 0.0772. The minimum Gasteiger partial charge on any atom is -0.467 e. The molecule has 2 rings (SSSR count). The Bertz CT molecular complexity index is 714. The van der Waals surface area contributed by atoms with Crippen LogP contribution in [-0.4, -0.2) is 22.4 Å². The van der Waals surface area contributed by atoms with Crippen molar-refractivity contribution in [1.29, 1.82) is 0 Å². The number of hydrogen-bond acceptors (Lipinski definition) is 3. The second-order valence-corrected chi connectivity index (χ2v) is 6.30. The van der Waals surface area contributed by atoms with Crippen molar-refractivity contribution in [3.05, 3.63) is 57.9 Å². The van der Waals surface area contributed by atoms with Gasteiger partial charge in [0.1, 0.15) is 11.3 Å². The maximum atomic E-state index is 12.7. The van der Waals surface area contributed by atoms with Crippen LogP contribution in [0.5, 0.6) is 0 Å². The summed E-state index contributed by atoms with van der Waals surface area (Å²) in [6.07, 6.45) is 4.24. The number of hydrogen-bond donors (Lipinski definition) is 0. The number of carbonyl (C=O) groups excluding carboxylic acids is 1. The molecule has 0 atom stereocenters. The molecule has 0 radical (unpaired) electrons. The third-order valence-electron chi connectivity index (χ3n) is 3.85. The smallest absolute Gasteiger partial charge is 0.263 e. The van der Waals surface area contributed by atoms with Gasteiger partial charge < -0.3 is 13.9 Å². The van der Waals surface area contributed by atoms with E-state index in [-0.39, 0.29) is 17.0 Å². The van der Waals surface area contributed by atoms with Crippen LogP contribution in [0, 0.1) is 12.8 Å². The van der Waals surface area contributed by atoms with Crippen LogP contribution < -0.4 is 5.56 Å². The van der Waals surface area contributed by atoms with E-state index in [9.17, 15) is 9.59 Å². The zero-order chi connectivity index (χ0) is 17.0. The normalized spacial score (nSPS) is 11.0. The third-order valence-corrected chi connectivity index (χ3v) is 3.85. The molecule has 2 aromatic heterocycles. The lowest BCUT2D eigenvalue weighted by Gasteiger charge is -2.18. The van der Waals surface area contributed by atoms with E-state index < -0.39 is 0 Å². The second kappa shape index (κ2) is 7.31. The fourth-order valence-electron chi connectivity index (χ4n) is 2.40. The van der Waals surface area contributed by atoms with Crippen molar-refractivity contribution in [2.45, 2.75) is 40.3 Å². The number of aromatic nitrogens is 1. The van der Waals surface area contributed by atoms with E-state index in [2.05, 4.69) is 13.8 Å². The number of furan rings is 1. The average molecular weight is 316 g/mol. The van der Waals surface area contributed by atoms with Crippen LogP contribution in [0.2, 0.25) is 0 Å². The van der Waals surface area contributed by atoms with Gasteiger partial charge in [0.15, 0.2) is 0 Å². The lowest BCUT2D eigenvalue weighted by Crippen LogP contribution is -2.35. The van der Waals surface area contributed by atoms with Crippen molar-refractivity contribution in [1.82, 2.24) is 9.47 Å². The van der Waals surface area contributed by atoms with Gasteiger partial charge in [-0.2, -0.15) is 0 Å². The van der Waals surface area contributed by atoms with Crippen LogP contribution in [0.4, 0.5) is 0 Å². The average Bonchev–Trinajstić information content (AvgIpc) is 2.99. The van der Waals surface area contributed by atoms with Gasteiger partial charge in [-0.15, -0.1) is 0 Å². The van der Waals surface area contributed by atoms with Crippen LogP contribution in [0.15, 0.2) is 39.9 Å². The highest BCUT2D eigenvalue weighted by atomic mass is 16.3. The Kier molecular flexibility index (Phi) is 5.42. The fourth-order valence-corrected chi connectivity index (χ4v) is 2.40. The van der Waals surface area contributed by atoms with E-state index in [0.29, 0.717) is 30.3 Å². The summed E-state index contributed by atoms with van der Waals surface area (Å²) < 4.78 is 6.89. The number of aryl methyl sites for hydroxylation is 2. The predicted molar refractivity (Wildman–Crippen MR) is 89.4 cm³/mol. The molecule has 0 spiro atoms. The molecule has 0 aliphatic heterocycles. The Labute approximate surface area is 136 Å². The van der Waals surface area contributed by atoms with Gasteiger partial charge in [0.2, 0.25) is 0 Å². The molecule has 5 heteroatoms. The van der Waals surface area contributed by atoms with E-state index in [4.69, 9.17) is 4.42 Å². The molecule has 0 aliphatic rings. The number of pyridine rings is 1. The summed E-state index contributed by atoms with van der Waals surface area (Å²) in [6, 6.07) is 5.42. The van der Waals surface area contributed by atoms with Gasteiger partial charge in [0, 0.05) is 19.8 Å². The quantitative estimate of drug-likeness (QED) is 0.823. The maximum absolute atomic E-state index is 12.7. The fraction of sp³-hybridized carbons (Fsp3) is 0.444. The molecular formula is C18H24N2O3. The topological polar surface area (TPSA) is 55.5 Å². The van der Waals surface area contributed by atoms with E-state index in [1.54, 1.807) is 37.1 Å². The highest BCUT2D eigenvalue weighted by molar-refractivity contribution is 5.95. The molecule has 0 fully saturated rings. The first kappa shape index (κ1) is 17.1. The molecule has 5 nitrogen and oxygen atoms in total. The van der Waals surface area contributed by atoms with Crippen molar-refractivity contribution in [3.63, 3.8) is 0 Å². The monoisotopic (exact) mass is 316 g/mol. The van der Waals surface area contributed by atoms with Crippen molar-refractivity contribution in [2.75, 3.05) is 7.05 Å². The molecule has 0 saturated carbocycles. The molecule has 0 unspecified atom stereocenters. The molecule has 2 aromatic rings. The summed E-state index contributed by atoms with van der Waals surface area (Å²) >= 11 is 0. The molecular weight excluding hydrogens is 292 g/mol. The summed E-state index contributed by atoms with van der Waals surface area (Å²) in [4.78, 5) is 26.8. The van der Waals surface area contributed by atoms with Gasteiger partial charge in [0.25, 0.3) is 11.5 Å². The van der Waals surface area contributed by atoms with Crippen LogP contribution in [-0.2, 0) is 13.1 Å². The SMILES string of the molecule is Cc1ccn(CCC(C)C)c(=O)c1C(=O)N(C)Cc1ccco1. The first-order chi connectivity index (χ1) is 10.9. The molecule has 1 amide bonds. The van der Waals surface area contributed by atoms with Crippen molar-refractivity contribution < 1.29 is 9.21 Å². The van der Waals surface area contributed by atoms with E-state index in [1.165, 1.54) is 4.90 Å². The summed E-state index contributed by atoms with van der Waals surface area (Å²) in [5.41, 5.74) is 0.722. The van der Waals surface area contributed by atoms with E-state index >= 15 is 0 Å². The number of carbonyl (C=O) groups is 1. The van der Waals surface area contributed by atoms with Gasteiger partial charge in [-0.05, 0) is 43.0 Å². The number of rotatable bonds is 6. The minimum absolute atomic E-state index is 0.220. The molecule has 0 aliphatic carbocycles.